The first-order valence-electron chi connectivity index (χ1n) is 5.40. The third kappa shape index (κ3) is 7.97. The van der Waals surface area contributed by atoms with Crippen molar-refractivity contribution >= 4 is 5.78 Å². The molecule has 0 spiro atoms. The van der Waals surface area contributed by atoms with E-state index in [-0.39, 0.29) is 5.78 Å². The molecule has 0 rings (SSSR count). The van der Waals surface area contributed by atoms with Gasteiger partial charge < -0.3 is 5.11 Å². The number of ketones is 1. The zero-order valence-electron chi connectivity index (χ0n) is 8.88. The van der Waals surface area contributed by atoms with E-state index in [4.69, 9.17) is 0 Å². The van der Waals surface area contributed by atoms with Gasteiger partial charge in [-0.05, 0) is 12.8 Å². The van der Waals surface area contributed by atoms with Crippen LogP contribution in [0.25, 0.3) is 0 Å². The zero-order chi connectivity index (χ0) is 10.1. The SMILES string of the molecule is CCCCC(=O)C[C@H](O)CCCC. The third-order valence-corrected chi connectivity index (χ3v) is 2.16. The Labute approximate surface area is 81.3 Å². The van der Waals surface area contributed by atoms with Crippen LogP contribution in [-0.4, -0.2) is 17.0 Å². The zero-order valence-corrected chi connectivity index (χ0v) is 8.88. The first-order chi connectivity index (χ1) is 6.20. The summed E-state index contributed by atoms with van der Waals surface area (Å²) in [5.41, 5.74) is 0. The van der Waals surface area contributed by atoms with Gasteiger partial charge >= 0.3 is 0 Å². The van der Waals surface area contributed by atoms with Crippen LogP contribution in [0.3, 0.4) is 0 Å². The number of hydrogen-bond donors (Lipinski definition) is 1. The van der Waals surface area contributed by atoms with Crippen molar-refractivity contribution in [3.8, 4) is 0 Å². The molecule has 13 heavy (non-hydrogen) atoms. The van der Waals surface area contributed by atoms with Gasteiger partial charge in [0, 0.05) is 12.8 Å². The van der Waals surface area contributed by atoms with E-state index in [1.54, 1.807) is 0 Å². The van der Waals surface area contributed by atoms with Gasteiger partial charge in [0.2, 0.25) is 0 Å². The molecule has 0 unspecified atom stereocenters. The molecule has 0 aromatic carbocycles. The molecule has 0 radical (unpaired) electrons. The van der Waals surface area contributed by atoms with E-state index < -0.39 is 6.10 Å². The molecular weight excluding hydrogens is 164 g/mol. The summed E-state index contributed by atoms with van der Waals surface area (Å²) in [4.78, 5) is 11.2. The van der Waals surface area contributed by atoms with Gasteiger partial charge in [0.1, 0.15) is 5.78 Å². The van der Waals surface area contributed by atoms with Crippen molar-refractivity contribution in [2.45, 2.75) is 64.9 Å². The molecule has 0 saturated carbocycles. The maximum absolute atomic E-state index is 11.2. The second kappa shape index (κ2) is 8.24. The average Bonchev–Trinajstić information content (AvgIpc) is 2.11. The summed E-state index contributed by atoms with van der Waals surface area (Å²) in [6.45, 7) is 4.16. The van der Waals surface area contributed by atoms with E-state index in [0.29, 0.717) is 12.8 Å². The quantitative estimate of drug-likeness (QED) is 0.632. The molecular formula is C11H22O2. The molecule has 0 aromatic heterocycles. The molecule has 78 valence electrons. The summed E-state index contributed by atoms with van der Waals surface area (Å²) >= 11 is 0. The van der Waals surface area contributed by atoms with E-state index in [1.807, 2.05) is 0 Å². The fraction of sp³-hybridized carbons (Fsp3) is 0.909. The molecule has 0 aromatic rings. The fourth-order valence-corrected chi connectivity index (χ4v) is 1.28. The van der Waals surface area contributed by atoms with Gasteiger partial charge in [-0.3, -0.25) is 4.79 Å². The summed E-state index contributed by atoms with van der Waals surface area (Å²) in [6.07, 6.45) is 5.48. The highest BCUT2D eigenvalue weighted by Crippen LogP contribution is 2.07. The lowest BCUT2D eigenvalue weighted by Crippen LogP contribution is -2.13. The van der Waals surface area contributed by atoms with E-state index >= 15 is 0 Å². The topological polar surface area (TPSA) is 37.3 Å². The van der Waals surface area contributed by atoms with E-state index in [2.05, 4.69) is 13.8 Å². The summed E-state index contributed by atoms with van der Waals surface area (Å²) in [6, 6.07) is 0. The average molecular weight is 186 g/mol. The molecule has 0 aliphatic heterocycles. The van der Waals surface area contributed by atoms with Crippen LogP contribution in [0.5, 0.6) is 0 Å². The minimum atomic E-state index is -0.399. The first kappa shape index (κ1) is 12.6. The van der Waals surface area contributed by atoms with Gasteiger partial charge in [-0.25, -0.2) is 0 Å². The molecule has 0 saturated heterocycles. The van der Waals surface area contributed by atoms with Crippen molar-refractivity contribution in [3.63, 3.8) is 0 Å². The minimum Gasteiger partial charge on any atom is -0.393 e. The Kier molecular flexibility index (Phi) is 8.00. The van der Waals surface area contributed by atoms with Crippen LogP contribution in [0.15, 0.2) is 0 Å². The smallest absolute Gasteiger partial charge is 0.135 e. The number of aliphatic hydroxyl groups is 1. The number of rotatable bonds is 8. The monoisotopic (exact) mass is 186 g/mol. The first-order valence-corrected chi connectivity index (χ1v) is 5.40. The van der Waals surface area contributed by atoms with E-state index in [1.165, 1.54) is 0 Å². The van der Waals surface area contributed by atoms with Crippen LogP contribution < -0.4 is 0 Å². The van der Waals surface area contributed by atoms with Crippen LogP contribution in [-0.2, 0) is 4.79 Å². The molecule has 0 aliphatic rings. The molecule has 0 fully saturated rings. The molecule has 2 heteroatoms. The largest absolute Gasteiger partial charge is 0.393 e. The Morgan fingerprint density at radius 3 is 2.38 bits per heavy atom. The van der Waals surface area contributed by atoms with Crippen LogP contribution in [0.2, 0.25) is 0 Å². The minimum absolute atomic E-state index is 0.213. The van der Waals surface area contributed by atoms with Crippen molar-refractivity contribution in [1.29, 1.82) is 0 Å². The van der Waals surface area contributed by atoms with E-state index in [0.717, 1.165) is 32.1 Å². The van der Waals surface area contributed by atoms with Crippen molar-refractivity contribution in [2.24, 2.45) is 0 Å². The van der Waals surface area contributed by atoms with Crippen molar-refractivity contribution < 1.29 is 9.90 Å². The fourth-order valence-electron chi connectivity index (χ4n) is 1.28. The van der Waals surface area contributed by atoms with Crippen LogP contribution in [0.4, 0.5) is 0 Å². The van der Waals surface area contributed by atoms with Gasteiger partial charge in [0.15, 0.2) is 0 Å². The highest BCUT2D eigenvalue weighted by molar-refractivity contribution is 5.78. The Bertz CT molecular complexity index is 132. The van der Waals surface area contributed by atoms with Gasteiger partial charge in [-0.2, -0.15) is 0 Å². The lowest BCUT2D eigenvalue weighted by Gasteiger charge is -2.08. The number of carbonyl (C=O) groups is 1. The van der Waals surface area contributed by atoms with Gasteiger partial charge in [0.05, 0.1) is 6.10 Å². The number of aliphatic hydroxyl groups excluding tert-OH is 1. The van der Waals surface area contributed by atoms with Crippen molar-refractivity contribution in [3.05, 3.63) is 0 Å². The van der Waals surface area contributed by atoms with Crippen molar-refractivity contribution in [1.82, 2.24) is 0 Å². The van der Waals surface area contributed by atoms with E-state index in [9.17, 15) is 9.90 Å². The summed E-state index contributed by atoms with van der Waals surface area (Å²) < 4.78 is 0. The molecule has 1 N–H and O–H groups in total. The third-order valence-electron chi connectivity index (χ3n) is 2.16. The molecule has 0 aliphatic carbocycles. The Balaban J connectivity index is 3.41. The van der Waals surface area contributed by atoms with Crippen LogP contribution in [0, 0.1) is 0 Å². The van der Waals surface area contributed by atoms with Crippen LogP contribution in [0.1, 0.15) is 58.8 Å². The standard InChI is InChI=1S/C11H22O2/c1-3-5-7-10(12)9-11(13)8-6-4-2/h10,12H,3-9H2,1-2H3/t10-/m1/s1. The molecule has 0 heterocycles. The van der Waals surface area contributed by atoms with Gasteiger partial charge in [-0.15, -0.1) is 0 Å². The summed E-state index contributed by atoms with van der Waals surface area (Å²) in [5.74, 6) is 0.213. The Hall–Kier alpha value is -0.370. The van der Waals surface area contributed by atoms with Crippen LogP contribution >= 0.6 is 0 Å². The lowest BCUT2D eigenvalue weighted by molar-refractivity contribution is -0.121. The molecule has 2 nitrogen and oxygen atoms in total. The van der Waals surface area contributed by atoms with Crippen molar-refractivity contribution in [2.75, 3.05) is 0 Å². The number of Topliss-reactive ketones (excluding diaryl/α,β-unsaturated/α-hetero) is 1. The predicted molar refractivity (Wildman–Crippen MR) is 54.7 cm³/mol. The Morgan fingerprint density at radius 2 is 1.85 bits per heavy atom. The number of carbonyl (C=O) groups excluding carboxylic acids is 1. The maximum atomic E-state index is 11.2. The summed E-state index contributed by atoms with van der Waals surface area (Å²) in [5, 5.41) is 9.43. The Morgan fingerprint density at radius 1 is 1.23 bits per heavy atom. The predicted octanol–water partition coefficient (Wildman–Crippen LogP) is 2.69. The number of unbranched alkanes of at least 4 members (excludes halogenated alkanes) is 2. The lowest BCUT2D eigenvalue weighted by atomic mass is 10.0. The van der Waals surface area contributed by atoms with Gasteiger partial charge in [-0.1, -0.05) is 33.1 Å². The maximum Gasteiger partial charge on any atom is 0.135 e. The molecule has 0 bridgehead atoms. The molecule has 1 atom stereocenters. The highest BCUT2D eigenvalue weighted by Gasteiger charge is 2.09. The number of hydrogen-bond acceptors (Lipinski definition) is 2. The second-order valence-electron chi connectivity index (χ2n) is 3.64. The second-order valence-corrected chi connectivity index (χ2v) is 3.64. The van der Waals surface area contributed by atoms with Gasteiger partial charge in [0.25, 0.3) is 0 Å². The highest BCUT2D eigenvalue weighted by atomic mass is 16.3. The normalized spacial score (nSPS) is 12.8. The summed E-state index contributed by atoms with van der Waals surface area (Å²) in [7, 11) is 0. The molecule has 0 amide bonds.